The van der Waals surface area contributed by atoms with Crippen LogP contribution in [0.5, 0.6) is 0 Å². The van der Waals surface area contributed by atoms with Crippen LogP contribution in [0.15, 0.2) is 65.8 Å². The summed E-state index contributed by atoms with van der Waals surface area (Å²) in [5.41, 5.74) is 3.23. The van der Waals surface area contributed by atoms with Crippen LogP contribution >= 0.6 is 0 Å². The Hall–Kier alpha value is -3.13. The van der Waals surface area contributed by atoms with E-state index in [0.29, 0.717) is 0 Å². The molecule has 0 fully saturated rings. The standard InChI is InChI=1S/C24H27N3O4S/c1-17-10-12-19(13-11-17)32(30,31)27-15-14-26(2)24(29)22(27)16-23(28)25-21-9-5-7-18-6-3-4-8-20(18)21/h3-4,6,8,10-15,21-22H,5,7,9,16H2,1-2H3,(H,25,28)/t21-,22-/m1/s1. The number of carbonyl (C=O) groups excluding carboxylic acids is 2. The Morgan fingerprint density at radius 2 is 1.81 bits per heavy atom. The first kappa shape index (κ1) is 22.1. The number of hydrogen-bond donors (Lipinski definition) is 1. The van der Waals surface area contributed by atoms with Gasteiger partial charge in [0, 0.05) is 19.4 Å². The first-order valence-corrected chi connectivity index (χ1v) is 12.1. The quantitative estimate of drug-likeness (QED) is 0.754. The molecule has 0 unspecified atom stereocenters. The van der Waals surface area contributed by atoms with E-state index in [1.54, 1.807) is 19.2 Å². The zero-order chi connectivity index (χ0) is 22.9. The molecular formula is C24H27N3O4S. The highest BCUT2D eigenvalue weighted by atomic mass is 32.2. The summed E-state index contributed by atoms with van der Waals surface area (Å²) in [6.45, 7) is 1.87. The normalized spacial score (nSPS) is 20.8. The fraction of sp³-hybridized carbons (Fsp3) is 0.333. The van der Waals surface area contributed by atoms with E-state index in [-0.39, 0.29) is 23.3 Å². The van der Waals surface area contributed by atoms with Crippen LogP contribution in [0.3, 0.4) is 0 Å². The molecular weight excluding hydrogens is 426 g/mol. The zero-order valence-electron chi connectivity index (χ0n) is 18.2. The fourth-order valence-electron chi connectivity index (χ4n) is 4.28. The van der Waals surface area contributed by atoms with E-state index in [1.165, 1.54) is 35.0 Å². The first-order valence-electron chi connectivity index (χ1n) is 10.7. The summed E-state index contributed by atoms with van der Waals surface area (Å²) in [5.74, 6) is -0.791. The van der Waals surface area contributed by atoms with E-state index in [1.807, 2.05) is 25.1 Å². The minimum Gasteiger partial charge on any atom is -0.349 e. The molecule has 0 aromatic heterocycles. The molecule has 0 spiro atoms. The molecule has 4 rings (SSSR count). The van der Waals surface area contributed by atoms with Crippen molar-refractivity contribution in [2.75, 3.05) is 7.05 Å². The summed E-state index contributed by atoms with van der Waals surface area (Å²) in [7, 11) is -2.44. The van der Waals surface area contributed by atoms with Crippen molar-refractivity contribution < 1.29 is 18.0 Å². The second-order valence-corrected chi connectivity index (χ2v) is 10.2. The van der Waals surface area contributed by atoms with E-state index in [2.05, 4.69) is 11.4 Å². The number of sulfonamides is 1. The van der Waals surface area contributed by atoms with Crippen LogP contribution < -0.4 is 5.32 Å². The van der Waals surface area contributed by atoms with E-state index in [9.17, 15) is 18.0 Å². The van der Waals surface area contributed by atoms with Gasteiger partial charge in [-0.15, -0.1) is 0 Å². The fourth-order valence-corrected chi connectivity index (χ4v) is 5.71. The summed E-state index contributed by atoms with van der Waals surface area (Å²) in [6, 6.07) is 13.2. The number of nitrogens with zero attached hydrogens (tertiary/aromatic N) is 2. The van der Waals surface area contributed by atoms with Crippen molar-refractivity contribution in [1.29, 1.82) is 0 Å². The summed E-state index contributed by atoms with van der Waals surface area (Å²) in [4.78, 5) is 27.2. The number of rotatable bonds is 5. The highest BCUT2D eigenvalue weighted by molar-refractivity contribution is 7.89. The lowest BCUT2D eigenvalue weighted by Gasteiger charge is -2.35. The second-order valence-electron chi connectivity index (χ2n) is 8.33. The minimum atomic E-state index is -3.99. The number of likely N-dealkylation sites (N-methyl/N-ethyl adjacent to an activating group) is 1. The van der Waals surface area contributed by atoms with Gasteiger partial charge < -0.3 is 10.2 Å². The van der Waals surface area contributed by atoms with Crippen LogP contribution in [0.25, 0.3) is 0 Å². The number of nitrogens with one attached hydrogen (secondary N) is 1. The third kappa shape index (κ3) is 4.27. The summed E-state index contributed by atoms with van der Waals surface area (Å²) >= 11 is 0. The highest BCUT2D eigenvalue weighted by Gasteiger charge is 2.39. The van der Waals surface area contributed by atoms with Crippen molar-refractivity contribution in [2.24, 2.45) is 0 Å². The Morgan fingerprint density at radius 1 is 1.09 bits per heavy atom. The van der Waals surface area contributed by atoms with E-state index in [4.69, 9.17) is 0 Å². The molecule has 0 bridgehead atoms. The van der Waals surface area contributed by atoms with Gasteiger partial charge in [0.25, 0.3) is 15.9 Å². The van der Waals surface area contributed by atoms with E-state index < -0.39 is 22.0 Å². The van der Waals surface area contributed by atoms with Crippen LogP contribution in [0.1, 0.15) is 42.0 Å². The van der Waals surface area contributed by atoms with Gasteiger partial charge in [-0.25, -0.2) is 8.42 Å². The molecule has 2 atom stereocenters. The third-order valence-electron chi connectivity index (χ3n) is 6.06. The Balaban J connectivity index is 1.56. The van der Waals surface area contributed by atoms with Crippen LogP contribution in [-0.2, 0) is 26.0 Å². The molecule has 168 valence electrons. The number of carbonyl (C=O) groups is 2. The second kappa shape index (κ2) is 8.78. The largest absolute Gasteiger partial charge is 0.349 e. The molecule has 0 saturated heterocycles. The smallest absolute Gasteiger partial charge is 0.264 e. The number of amides is 2. The topological polar surface area (TPSA) is 86.8 Å². The molecule has 1 aliphatic heterocycles. The maximum Gasteiger partial charge on any atom is 0.264 e. The monoisotopic (exact) mass is 453 g/mol. The van der Waals surface area contributed by atoms with Gasteiger partial charge in [0.2, 0.25) is 5.91 Å². The van der Waals surface area contributed by atoms with E-state index in [0.717, 1.165) is 34.7 Å². The van der Waals surface area contributed by atoms with Gasteiger partial charge in [0.1, 0.15) is 6.04 Å². The van der Waals surface area contributed by atoms with Gasteiger partial charge in [0.05, 0.1) is 17.4 Å². The maximum atomic E-state index is 13.3. The van der Waals surface area contributed by atoms with Gasteiger partial charge >= 0.3 is 0 Å². The van der Waals surface area contributed by atoms with Crippen molar-refractivity contribution >= 4 is 21.8 Å². The Kier molecular flexibility index (Phi) is 6.06. The molecule has 7 nitrogen and oxygen atoms in total. The molecule has 2 aliphatic rings. The van der Waals surface area contributed by atoms with Crippen LogP contribution in [0.4, 0.5) is 0 Å². The third-order valence-corrected chi connectivity index (χ3v) is 7.86. The van der Waals surface area contributed by atoms with Crippen molar-refractivity contribution in [3.8, 4) is 0 Å². The molecule has 2 aromatic rings. The van der Waals surface area contributed by atoms with Crippen molar-refractivity contribution in [3.63, 3.8) is 0 Å². The molecule has 8 heteroatoms. The lowest BCUT2D eigenvalue weighted by molar-refractivity contribution is -0.135. The molecule has 2 aromatic carbocycles. The van der Waals surface area contributed by atoms with Gasteiger partial charge in [0.15, 0.2) is 0 Å². The van der Waals surface area contributed by atoms with Crippen molar-refractivity contribution in [3.05, 3.63) is 77.6 Å². The Morgan fingerprint density at radius 3 is 2.56 bits per heavy atom. The van der Waals surface area contributed by atoms with Gasteiger partial charge in [-0.3, -0.25) is 13.9 Å². The lowest BCUT2D eigenvalue weighted by atomic mass is 9.87. The number of aryl methyl sites for hydroxylation is 2. The molecule has 1 N–H and O–H groups in total. The number of benzene rings is 2. The van der Waals surface area contributed by atoms with Gasteiger partial charge in [-0.1, -0.05) is 42.0 Å². The van der Waals surface area contributed by atoms with Gasteiger partial charge in [-0.05, 0) is 49.4 Å². The Bertz CT molecular complexity index is 1160. The van der Waals surface area contributed by atoms with Crippen LogP contribution in [-0.4, -0.2) is 42.5 Å². The SMILES string of the molecule is Cc1ccc(S(=O)(=O)N2C=CN(C)C(=O)[C@H]2CC(=O)N[C@@H]2CCCc3ccccc32)cc1. The highest BCUT2D eigenvalue weighted by Crippen LogP contribution is 2.30. The van der Waals surface area contributed by atoms with Crippen LogP contribution in [0.2, 0.25) is 0 Å². The predicted molar refractivity (Wildman–Crippen MR) is 121 cm³/mol. The number of hydrogen-bond acceptors (Lipinski definition) is 4. The zero-order valence-corrected chi connectivity index (χ0v) is 19.0. The Labute approximate surface area is 188 Å². The molecule has 2 amide bonds. The molecule has 1 aliphatic carbocycles. The predicted octanol–water partition coefficient (Wildman–Crippen LogP) is 2.88. The summed E-state index contributed by atoms with van der Waals surface area (Å²) in [6.07, 6.45) is 5.25. The van der Waals surface area contributed by atoms with Crippen molar-refractivity contribution in [1.82, 2.24) is 14.5 Å². The average Bonchev–Trinajstić information content (AvgIpc) is 2.77. The first-order chi connectivity index (χ1) is 15.3. The number of fused-ring (bicyclic) bond motifs is 1. The summed E-state index contributed by atoms with van der Waals surface area (Å²) < 4.78 is 27.5. The van der Waals surface area contributed by atoms with Crippen LogP contribution in [0, 0.1) is 6.92 Å². The average molecular weight is 454 g/mol. The lowest BCUT2D eigenvalue weighted by Crippen LogP contribution is -2.51. The van der Waals surface area contributed by atoms with Gasteiger partial charge in [-0.2, -0.15) is 0 Å². The molecule has 0 radical (unpaired) electrons. The minimum absolute atomic E-state index is 0.0803. The summed E-state index contributed by atoms with van der Waals surface area (Å²) in [5, 5.41) is 3.02. The molecule has 0 saturated carbocycles. The molecule has 1 heterocycles. The maximum absolute atomic E-state index is 13.3. The van der Waals surface area contributed by atoms with Crippen molar-refractivity contribution in [2.45, 2.75) is 49.6 Å². The van der Waals surface area contributed by atoms with E-state index >= 15 is 0 Å². The molecule has 32 heavy (non-hydrogen) atoms.